The van der Waals surface area contributed by atoms with Gasteiger partial charge in [-0.25, -0.2) is 8.42 Å². The SMILES string of the molecule is COc1ccc(Br)c(S(=O)(=O)N2CCC(CN)C2)c1. The highest BCUT2D eigenvalue weighted by molar-refractivity contribution is 9.10. The number of benzene rings is 1. The van der Waals surface area contributed by atoms with Crippen LogP contribution in [0.5, 0.6) is 5.75 Å². The molecule has 0 aliphatic carbocycles. The summed E-state index contributed by atoms with van der Waals surface area (Å²) in [7, 11) is -1.98. The summed E-state index contributed by atoms with van der Waals surface area (Å²) in [4.78, 5) is 0.240. The fourth-order valence-corrected chi connectivity index (χ4v) is 4.63. The maximum atomic E-state index is 12.6. The molecule has 0 amide bonds. The van der Waals surface area contributed by atoms with Crippen molar-refractivity contribution >= 4 is 26.0 Å². The van der Waals surface area contributed by atoms with Crippen LogP contribution in [0.3, 0.4) is 0 Å². The van der Waals surface area contributed by atoms with E-state index in [0.29, 0.717) is 29.9 Å². The molecule has 1 aromatic carbocycles. The first-order chi connectivity index (χ1) is 8.98. The van der Waals surface area contributed by atoms with Crippen LogP contribution in [-0.4, -0.2) is 39.5 Å². The minimum atomic E-state index is -3.49. The molecule has 0 radical (unpaired) electrons. The standard InChI is InChI=1S/C12H17BrN2O3S/c1-18-10-2-3-11(13)12(6-10)19(16,17)15-5-4-9(7-14)8-15/h2-3,6,9H,4-5,7-8,14H2,1H3. The Balaban J connectivity index is 2.34. The first-order valence-corrected chi connectivity index (χ1v) is 8.26. The summed E-state index contributed by atoms with van der Waals surface area (Å²) in [6.45, 7) is 1.53. The molecular formula is C12H17BrN2O3S. The Morgan fingerprint density at radius 2 is 2.26 bits per heavy atom. The predicted molar refractivity (Wildman–Crippen MR) is 76.6 cm³/mol. The first-order valence-electron chi connectivity index (χ1n) is 6.02. The zero-order chi connectivity index (χ0) is 14.0. The molecule has 2 N–H and O–H groups in total. The van der Waals surface area contributed by atoms with Crippen molar-refractivity contribution in [2.45, 2.75) is 11.3 Å². The average molecular weight is 349 g/mol. The van der Waals surface area contributed by atoms with Crippen molar-refractivity contribution in [2.75, 3.05) is 26.7 Å². The van der Waals surface area contributed by atoms with Gasteiger partial charge in [0.2, 0.25) is 10.0 Å². The van der Waals surface area contributed by atoms with Crippen LogP contribution in [0, 0.1) is 5.92 Å². The molecule has 0 spiro atoms. The quantitative estimate of drug-likeness (QED) is 0.893. The highest BCUT2D eigenvalue weighted by Crippen LogP contribution is 2.31. The topological polar surface area (TPSA) is 72.6 Å². The summed E-state index contributed by atoms with van der Waals surface area (Å²) < 4.78 is 32.3. The number of hydrogen-bond donors (Lipinski definition) is 1. The van der Waals surface area contributed by atoms with Gasteiger partial charge in [-0.2, -0.15) is 4.31 Å². The minimum absolute atomic E-state index is 0.240. The van der Waals surface area contributed by atoms with Gasteiger partial charge in [0, 0.05) is 23.6 Å². The average Bonchev–Trinajstić information content (AvgIpc) is 2.88. The third-order valence-electron chi connectivity index (χ3n) is 3.34. The number of nitrogens with zero attached hydrogens (tertiary/aromatic N) is 1. The fraction of sp³-hybridized carbons (Fsp3) is 0.500. The number of halogens is 1. The molecule has 1 atom stereocenters. The predicted octanol–water partition coefficient (Wildman–Crippen LogP) is 1.43. The van der Waals surface area contributed by atoms with Crippen LogP contribution < -0.4 is 10.5 Å². The Labute approximate surface area is 121 Å². The van der Waals surface area contributed by atoms with Crippen LogP contribution >= 0.6 is 15.9 Å². The van der Waals surface area contributed by atoms with Crippen molar-refractivity contribution < 1.29 is 13.2 Å². The lowest BCUT2D eigenvalue weighted by atomic mass is 10.1. The van der Waals surface area contributed by atoms with Gasteiger partial charge in [-0.3, -0.25) is 0 Å². The molecule has 1 fully saturated rings. The van der Waals surface area contributed by atoms with E-state index in [0.717, 1.165) is 6.42 Å². The van der Waals surface area contributed by atoms with E-state index >= 15 is 0 Å². The Hall–Kier alpha value is -0.630. The van der Waals surface area contributed by atoms with E-state index in [9.17, 15) is 8.42 Å². The van der Waals surface area contributed by atoms with Crippen molar-refractivity contribution in [2.24, 2.45) is 11.7 Å². The van der Waals surface area contributed by atoms with E-state index in [1.54, 1.807) is 12.1 Å². The zero-order valence-electron chi connectivity index (χ0n) is 10.7. The third kappa shape index (κ3) is 2.94. The van der Waals surface area contributed by atoms with Crippen LogP contribution in [-0.2, 0) is 10.0 Å². The van der Waals surface area contributed by atoms with Crippen molar-refractivity contribution in [3.8, 4) is 5.75 Å². The van der Waals surface area contributed by atoms with Crippen molar-refractivity contribution in [3.05, 3.63) is 22.7 Å². The van der Waals surface area contributed by atoms with Gasteiger partial charge in [-0.1, -0.05) is 0 Å². The second kappa shape index (κ2) is 5.78. The number of sulfonamides is 1. The molecule has 106 valence electrons. The molecule has 0 saturated carbocycles. The van der Waals surface area contributed by atoms with Gasteiger partial charge < -0.3 is 10.5 Å². The van der Waals surface area contributed by atoms with Gasteiger partial charge >= 0.3 is 0 Å². The lowest BCUT2D eigenvalue weighted by molar-refractivity contribution is 0.412. The normalized spacial score (nSPS) is 20.7. The summed E-state index contributed by atoms with van der Waals surface area (Å²) in [5.74, 6) is 0.774. The largest absolute Gasteiger partial charge is 0.497 e. The highest BCUT2D eigenvalue weighted by Gasteiger charge is 2.33. The van der Waals surface area contributed by atoms with Crippen LogP contribution in [0.25, 0.3) is 0 Å². The summed E-state index contributed by atoms with van der Waals surface area (Å²) in [6, 6.07) is 4.94. The summed E-state index contributed by atoms with van der Waals surface area (Å²) in [5, 5.41) is 0. The molecule has 0 aromatic heterocycles. The second-order valence-corrected chi connectivity index (χ2v) is 7.31. The molecule has 1 heterocycles. The molecule has 1 aliphatic rings. The van der Waals surface area contributed by atoms with E-state index in [4.69, 9.17) is 10.5 Å². The summed E-state index contributed by atoms with van der Waals surface area (Å²) in [5.41, 5.74) is 5.60. The molecule has 1 saturated heterocycles. The number of methoxy groups -OCH3 is 1. The van der Waals surface area contributed by atoms with E-state index < -0.39 is 10.0 Å². The molecule has 5 nitrogen and oxygen atoms in total. The highest BCUT2D eigenvalue weighted by atomic mass is 79.9. The van der Waals surface area contributed by atoms with Crippen LogP contribution in [0.15, 0.2) is 27.6 Å². The van der Waals surface area contributed by atoms with Gasteiger partial charge in [0.25, 0.3) is 0 Å². The van der Waals surface area contributed by atoms with Gasteiger partial charge in [0.15, 0.2) is 0 Å². The van der Waals surface area contributed by atoms with E-state index in [-0.39, 0.29) is 10.8 Å². The van der Waals surface area contributed by atoms with E-state index in [1.807, 2.05) is 0 Å². The summed E-state index contributed by atoms with van der Waals surface area (Å²) in [6.07, 6.45) is 0.817. The van der Waals surface area contributed by atoms with E-state index in [1.165, 1.54) is 17.5 Å². The van der Waals surface area contributed by atoms with E-state index in [2.05, 4.69) is 15.9 Å². The number of hydrogen-bond acceptors (Lipinski definition) is 4. The molecule has 7 heteroatoms. The smallest absolute Gasteiger partial charge is 0.244 e. The Kier molecular flexibility index (Phi) is 4.50. The maximum Gasteiger partial charge on any atom is 0.244 e. The van der Waals surface area contributed by atoms with Crippen molar-refractivity contribution in [3.63, 3.8) is 0 Å². The first kappa shape index (κ1) is 14.8. The molecular weight excluding hydrogens is 332 g/mol. The van der Waals surface area contributed by atoms with Gasteiger partial charge in [0.05, 0.1) is 7.11 Å². The van der Waals surface area contributed by atoms with Crippen LogP contribution in [0.2, 0.25) is 0 Å². The zero-order valence-corrected chi connectivity index (χ0v) is 13.1. The molecule has 19 heavy (non-hydrogen) atoms. The molecule has 1 unspecified atom stereocenters. The van der Waals surface area contributed by atoms with Crippen LogP contribution in [0.1, 0.15) is 6.42 Å². The molecule has 1 aliphatic heterocycles. The number of ether oxygens (including phenoxy) is 1. The number of nitrogens with two attached hydrogens (primary N) is 1. The summed E-state index contributed by atoms with van der Waals surface area (Å²) >= 11 is 3.29. The minimum Gasteiger partial charge on any atom is -0.497 e. The van der Waals surface area contributed by atoms with Gasteiger partial charge in [-0.05, 0) is 46.9 Å². The van der Waals surface area contributed by atoms with Crippen molar-refractivity contribution in [1.82, 2.24) is 4.31 Å². The fourth-order valence-electron chi connectivity index (χ4n) is 2.16. The monoisotopic (exact) mass is 348 g/mol. The Morgan fingerprint density at radius 1 is 1.53 bits per heavy atom. The van der Waals surface area contributed by atoms with Gasteiger partial charge in [-0.15, -0.1) is 0 Å². The van der Waals surface area contributed by atoms with Gasteiger partial charge in [0.1, 0.15) is 10.6 Å². The lowest BCUT2D eigenvalue weighted by Crippen LogP contribution is -2.30. The maximum absolute atomic E-state index is 12.6. The third-order valence-corrected chi connectivity index (χ3v) is 6.20. The Bertz CT molecular complexity index is 562. The second-order valence-electron chi connectivity index (χ2n) is 4.55. The molecule has 1 aromatic rings. The molecule has 0 bridgehead atoms. The lowest BCUT2D eigenvalue weighted by Gasteiger charge is -2.18. The Morgan fingerprint density at radius 3 is 2.84 bits per heavy atom. The molecule has 2 rings (SSSR count). The van der Waals surface area contributed by atoms with Crippen molar-refractivity contribution in [1.29, 1.82) is 0 Å². The number of rotatable bonds is 4. The van der Waals surface area contributed by atoms with Crippen LogP contribution in [0.4, 0.5) is 0 Å².